The Morgan fingerprint density at radius 1 is 0.615 bits per heavy atom. The van der Waals surface area contributed by atoms with Gasteiger partial charge in [0.05, 0.1) is 39.1 Å². The van der Waals surface area contributed by atoms with Crippen molar-refractivity contribution in [2.24, 2.45) is 0 Å². The number of amides is 2. The summed E-state index contributed by atoms with van der Waals surface area (Å²) in [5.74, 6) is -0.813. The van der Waals surface area contributed by atoms with Gasteiger partial charge in [0.15, 0.2) is 0 Å². The van der Waals surface area contributed by atoms with Gasteiger partial charge in [-0.25, -0.2) is 4.90 Å². The standard InChI is InChI=1S/C33H17N3O3/c34-18-19-8-7-14-26(36-32(37)20-9-1-2-10-21(20)33(36)38)31(19)35-24-13-5-3-11-22(24)29-25(35)16-17-28-30(29)23-12-4-6-15-27(23)39-28/h1-17H. The van der Waals surface area contributed by atoms with Crippen molar-refractivity contribution in [1.82, 2.24) is 4.57 Å². The Kier molecular flexibility index (Phi) is 4.21. The van der Waals surface area contributed by atoms with Gasteiger partial charge in [-0.2, -0.15) is 5.26 Å². The molecule has 0 radical (unpaired) electrons. The first kappa shape index (κ1) is 21.4. The molecule has 8 rings (SSSR count). The molecule has 0 spiro atoms. The van der Waals surface area contributed by atoms with E-state index >= 15 is 0 Å². The number of carbonyl (C=O) groups excluding carboxylic acids is 2. The van der Waals surface area contributed by atoms with Gasteiger partial charge in [0, 0.05) is 21.5 Å². The topological polar surface area (TPSA) is 79.2 Å². The molecule has 0 N–H and O–H groups in total. The van der Waals surface area contributed by atoms with Crippen LogP contribution in [0.2, 0.25) is 0 Å². The average Bonchev–Trinajstić information content (AvgIpc) is 3.60. The van der Waals surface area contributed by atoms with Gasteiger partial charge in [0.2, 0.25) is 0 Å². The molecule has 1 aliphatic heterocycles. The molecule has 5 aromatic carbocycles. The Hall–Kier alpha value is -5.67. The number of carbonyl (C=O) groups is 2. The number of rotatable bonds is 2. The first-order valence-corrected chi connectivity index (χ1v) is 12.5. The summed E-state index contributed by atoms with van der Waals surface area (Å²) in [6.45, 7) is 0. The summed E-state index contributed by atoms with van der Waals surface area (Å²) in [6, 6.07) is 34.0. The van der Waals surface area contributed by atoms with Crippen LogP contribution in [0, 0.1) is 11.3 Å². The summed E-state index contributed by atoms with van der Waals surface area (Å²) in [5, 5.41) is 14.2. The maximum absolute atomic E-state index is 13.5. The van der Waals surface area contributed by atoms with Crippen LogP contribution in [0.15, 0.2) is 108 Å². The number of para-hydroxylation sites is 3. The number of imide groups is 1. The molecular weight excluding hydrogens is 486 g/mol. The number of nitriles is 1. The first-order chi connectivity index (χ1) is 19.2. The fourth-order valence-corrected chi connectivity index (χ4v) is 5.96. The van der Waals surface area contributed by atoms with E-state index in [4.69, 9.17) is 4.42 Å². The highest BCUT2D eigenvalue weighted by Crippen LogP contribution is 2.44. The third kappa shape index (κ3) is 2.73. The molecule has 0 fully saturated rings. The Morgan fingerprint density at radius 2 is 1.31 bits per heavy atom. The SMILES string of the molecule is N#Cc1cccc(N2C(=O)c3ccccc3C2=O)c1-n1c2ccccc2c2c3c(ccc21)oc1ccccc13. The second-order valence-electron chi connectivity index (χ2n) is 9.56. The fraction of sp³-hybridized carbons (Fsp3) is 0. The number of benzene rings is 5. The maximum atomic E-state index is 13.5. The van der Waals surface area contributed by atoms with E-state index in [0.717, 1.165) is 43.7 Å². The van der Waals surface area contributed by atoms with E-state index in [2.05, 4.69) is 6.07 Å². The van der Waals surface area contributed by atoms with Gasteiger partial charge in [0.1, 0.15) is 17.2 Å². The number of hydrogen-bond donors (Lipinski definition) is 0. The number of fused-ring (bicyclic) bond motifs is 8. The minimum atomic E-state index is -0.407. The molecule has 0 saturated carbocycles. The summed E-state index contributed by atoms with van der Waals surface area (Å²) in [6.07, 6.45) is 0. The summed E-state index contributed by atoms with van der Waals surface area (Å²) in [4.78, 5) is 28.3. The van der Waals surface area contributed by atoms with Crippen molar-refractivity contribution < 1.29 is 14.0 Å². The highest BCUT2D eigenvalue weighted by atomic mass is 16.3. The summed E-state index contributed by atoms with van der Waals surface area (Å²) >= 11 is 0. The molecule has 182 valence electrons. The predicted octanol–water partition coefficient (Wildman–Crippen LogP) is 7.36. The summed E-state index contributed by atoms with van der Waals surface area (Å²) in [5.41, 5.74) is 5.15. The molecule has 6 nitrogen and oxygen atoms in total. The molecule has 1 aliphatic rings. The Bertz CT molecular complexity index is 2210. The molecule has 6 heteroatoms. The lowest BCUT2D eigenvalue weighted by molar-refractivity contribution is 0.0926. The molecule has 3 heterocycles. The van der Waals surface area contributed by atoms with Gasteiger partial charge in [-0.05, 0) is 48.5 Å². The van der Waals surface area contributed by atoms with E-state index in [1.54, 1.807) is 42.5 Å². The van der Waals surface area contributed by atoms with Gasteiger partial charge in [-0.15, -0.1) is 0 Å². The van der Waals surface area contributed by atoms with Gasteiger partial charge in [-0.1, -0.05) is 54.6 Å². The van der Waals surface area contributed by atoms with Crippen molar-refractivity contribution in [3.8, 4) is 11.8 Å². The average molecular weight is 504 g/mol. The van der Waals surface area contributed by atoms with Crippen LogP contribution in [-0.4, -0.2) is 16.4 Å². The number of hydrogen-bond acceptors (Lipinski definition) is 4. The Balaban J connectivity index is 1.52. The molecule has 7 aromatic rings. The van der Waals surface area contributed by atoms with Crippen molar-refractivity contribution in [3.63, 3.8) is 0 Å². The number of anilines is 1. The monoisotopic (exact) mass is 503 g/mol. The van der Waals surface area contributed by atoms with Gasteiger partial charge in [-0.3, -0.25) is 9.59 Å². The minimum Gasteiger partial charge on any atom is -0.456 e. The molecule has 0 bridgehead atoms. The van der Waals surface area contributed by atoms with Crippen LogP contribution in [0.5, 0.6) is 0 Å². The van der Waals surface area contributed by atoms with Crippen molar-refractivity contribution in [2.45, 2.75) is 0 Å². The van der Waals surface area contributed by atoms with Crippen LogP contribution in [-0.2, 0) is 0 Å². The second kappa shape index (κ2) is 7.67. The maximum Gasteiger partial charge on any atom is 0.266 e. The minimum absolute atomic E-state index is 0.351. The smallest absolute Gasteiger partial charge is 0.266 e. The van der Waals surface area contributed by atoms with Crippen LogP contribution < -0.4 is 4.90 Å². The molecule has 0 atom stereocenters. The summed E-state index contributed by atoms with van der Waals surface area (Å²) < 4.78 is 8.17. The molecule has 2 aromatic heterocycles. The van der Waals surface area contributed by atoms with Gasteiger partial charge < -0.3 is 8.98 Å². The van der Waals surface area contributed by atoms with Gasteiger partial charge in [0.25, 0.3) is 11.8 Å². The molecule has 0 unspecified atom stereocenters. The van der Waals surface area contributed by atoms with E-state index in [0.29, 0.717) is 28.1 Å². The third-order valence-electron chi connectivity index (χ3n) is 7.57. The fourth-order valence-electron chi connectivity index (χ4n) is 5.96. The van der Waals surface area contributed by atoms with Gasteiger partial charge >= 0.3 is 0 Å². The second-order valence-corrected chi connectivity index (χ2v) is 9.56. The zero-order valence-electron chi connectivity index (χ0n) is 20.4. The van der Waals surface area contributed by atoms with Crippen LogP contribution >= 0.6 is 0 Å². The highest BCUT2D eigenvalue weighted by Gasteiger charge is 2.38. The van der Waals surface area contributed by atoms with E-state index < -0.39 is 11.8 Å². The quantitative estimate of drug-likeness (QED) is 0.231. The molecule has 2 amide bonds. The summed E-state index contributed by atoms with van der Waals surface area (Å²) in [7, 11) is 0. The van der Waals surface area contributed by atoms with Crippen molar-refractivity contribution in [2.75, 3.05) is 4.90 Å². The normalized spacial score (nSPS) is 13.2. The number of furan rings is 1. The van der Waals surface area contributed by atoms with E-state index in [1.165, 1.54) is 4.90 Å². The number of nitrogens with zero attached hydrogens (tertiary/aromatic N) is 3. The molecular formula is C33H17N3O3. The Morgan fingerprint density at radius 3 is 2.08 bits per heavy atom. The lowest BCUT2D eigenvalue weighted by atomic mass is 10.1. The zero-order chi connectivity index (χ0) is 26.2. The molecule has 39 heavy (non-hydrogen) atoms. The van der Waals surface area contributed by atoms with Crippen LogP contribution in [0.4, 0.5) is 5.69 Å². The number of aromatic nitrogens is 1. The lowest BCUT2D eigenvalue weighted by Crippen LogP contribution is -2.30. The van der Waals surface area contributed by atoms with Crippen LogP contribution in [0.25, 0.3) is 49.4 Å². The highest BCUT2D eigenvalue weighted by molar-refractivity contribution is 6.35. The van der Waals surface area contributed by atoms with E-state index in [9.17, 15) is 14.9 Å². The molecule has 0 saturated heterocycles. The Labute approximate surface area is 221 Å². The lowest BCUT2D eigenvalue weighted by Gasteiger charge is -2.21. The van der Waals surface area contributed by atoms with E-state index in [1.807, 2.05) is 65.2 Å². The largest absolute Gasteiger partial charge is 0.456 e. The van der Waals surface area contributed by atoms with Crippen LogP contribution in [0.3, 0.4) is 0 Å². The van der Waals surface area contributed by atoms with Crippen molar-refractivity contribution in [3.05, 3.63) is 120 Å². The van der Waals surface area contributed by atoms with E-state index in [-0.39, 0.29) is 0 Å². The zero-order valence-corrected chi connectivity index (χ0v) is 20.4. The predicted molar refractivity (Wildman–Crippen MR) is 150 cm³/mol. The van der Waals surface area contributed by atoms with Crippen molar-refractivity contribution >= 4 is 61.2 Å². The first-order valence-electron chi connectivity index (χ1n) is 12.5. The van der Waals surface area contributed by atoms with Crippen LogP contribution in [0.1, 0.15) is 26.3 Å². The van der Waals surface area contributed by atoms with Crippen molar-refractivity contribution in [1.29, 1.82) is 5.26 Å². The third-order valence-corrected chi connectivity index (χ3v) is 7.57. The molecule has 0 aliphatic carbocycles.